The fourth-order valence-electron chi connectivity index (χ4n) is 2.68. The van der Waals surface area contributed by atoms with Crippen molar-refractivity contribution in [3.05, 3.63) is 24.0 Å². The Morgan fingerprint density at radius 1 is 1.47 bits per heavy atom. The number of nitrogens with two attached hydrogens (primary N) is 1. The Morgan fingerprint density at radius 2 is 2.26 bits per heavy atom. The van der Waals surface area contributed by atoms with E-state index in [1.165, 1.54) is 18.4 Å². The number of hydrogen-bond acceptors (Lipinski definition) is 3. The van der Waals surface area contributed by atoms with E-state index < -0.39 is 0 Å². The van der Waals surface area contributed by atoms with Crippen molar-refractivity contribution in [3.8, 4) is 5.75 Å². The molecule has 0 bridgehead atoms. The fourth-order valence-corrected chi connectivity index (χ4v) is 2.68. The molecule has 0 spiro atoms. The van der Waals surface area contributed by atoms with E-state index in [2.05, 4.69) is 17.6 Å². The Kier molecular flexibility index (Phi) is 3.19. The highest BCUT2D eigenvalue weighted by molar-refractivity contribution is 5.78. The molecule has 3 rings (SSSR count). The highest BCUT2D eigenvalue weighted by Crippen LogP contribution is 2.41. The smallest absolute Gasteiger partial charge is 0.121 e. The zero-order valence-corrected chi connectivity index (χ0v) is 11.6. The van der Waals surface area contributed by atoms with Crippen LogP contribution in [0.5, 0.6) is 5.75 Å². The molecule has 2 N–H and O–H groups in total. The van der Waals surface area contributed by atoms with Crippen LogP contribution in [0.3, 0.4) is 0 Å². The molecule has 1 atom stereocenters. The molecule has 1 saturated carbocycles. The van der Waals surface area contributed by atoms with E-state index in [1.54, 1.807) is 7.11 Å². The quantitative estimate of drug-likeness (QED) is 0.898. The molecule has 102 valence electrons. The summed E-state index contributed by atoms with van der Waals surface area (Å²) in [6, 6.07) is 6.76. The van der Waals surface area contributed by atoms with Crippen LogP contribution in [0.15, 0.2) is 18.2 Å². The third-order valence-corrected chi connectivity index (χ3v) is 3.98. The molecule has 1 aliphatic rings. The lowest BCUT2D eigenvalue weighted by Gasteiger charge is -2.14. The highest BCUT2D eigenvalue weighted by Gasteiger charge is 2.30. The van der Waals surface area contributed by atoms with Crippen molar-refractivity contribution in [2.24, 2.45) is 5.73 Å². The predicted octanol–water partition coefficient (Wildman–Crippen LogP) is 2.83. The number of imidazole rings is 1. The Bertz CT molecular complexity index is 582. The summed E-state index contributed by atoms with van der Waals surface area (Å²) in [5.74, 6) is 2.36. The standard InChI is InChI=1S/C15H21N3O/c1-3-10(9-16)15-17-13-8-12(19-2)6-7-14(13)18(15)11-4-5-11/h6-8,10-11H,3-5,9,16H2,1-2H3. The first kappa shape index (κ1) is 12.5. The Hall–Kier alpha value is -1.55. The van der Waals surface area contributed by atoms with E-state index in [0.717, 1.165) is 23.5 Å². The second-order valence-electron chi connectivity index (χ2n) is 5.27. The lowest BCUT2D eigenvalue weighted by molar-refractivity contribution is 0.415. The number of hydrogen-bond donors (Lipinski definition) is 1. The maximum absolute atomic E-state index is 5.90. The van der Waals surface area contributed by atoms with Crippen LogP contribution in [0.25, 0.3) is 11.0 Å². The normalized spacial score (nSPS) is 16.8. The molecule has 0 amide bonds. The molecule has 1 aliphatic carbocycles. The molecule has 0 aliphatic heterocycles. The van der Waals surface area contributed by atoms with Crippen LogP contribution in [0.2, 0.25) is 0 Å². The van der Waals surface area contributed by atoms with Gasteiger partial charge in [-0.25, -0.2) is 4.98 Å². The number of methoxy groups -OCH3 is 1. The third-order valence-electron chi connectivity index (χ3n) is 3.98. The topological polar surface area (TPSA) is 53.1 Å². The first-order valence-corrected chi connectivity index (χ1v) is 7.04. The summed E-state index contributed by atoms with van der Waals surface area (Å²) in [5.41, 5.74) is 8.14. The number of nitrogens with zero attached hydrogens (tertiary/aromatic N) is 2. The summed E-state index contributed by atoms with van der Waals surface area (Å²) < 4.78 is 7.69. The lowest BCUT2D eigenvalue weighted by Crippen LogP contribution is -2.16. The molecule has 1 unspecified atom stereocenters. The van der Waals surface area contributed by atoms with Crippen LogP contribution in [0.4, 0.5) is 0 Å². The fraction of sp³-hybridized carbons (Fsp3) is 0.533. The van der Waals surface area contributed by atoms with Crippen molar-refractivity contribution in [1.29, 1.82) is 0 Å². The first-order valence-electron chi connectivity index (χ1n) is 7.04. The molecule has 1 fully saturated rings. The molecular formula is C15H21N3O. The second-order valence-corrected chi connectivity index (χ2v) is 5.27. The van der Waals surface area contributed by atoms with Gasteiger partial charge in [0.2, 0.25) is 0 Å². The van der Waals surface area contributed by atoms with Crippen LogP contribution in [0, 0.1) is 0 Å². The van der Waals surface area contributed by atoms with Crippen molar-refractivity contribution in [3.63, 3.8) is 0 Å². The van der Waals surface area contributed by atoms with E-state index in [1.807, 2.05) is 12.1 Å². The molecular weight excluding hydrogens is 238 g/mol. The van der Waals surface area contributed by atoms with Gasteiger partial charge in [0, 0.05) is 24.6 Å². The van der Waals surface area contributed by atoms with Crippen molar-refractivity contribution in [1.82, 2.24) is 9.55 Å². The summed E-state index contributed by atoms with van der Waals surface area (Å²) in [5, 5.41) is 0. The summed E-state index contributed by atoms with van der Waals surface area (Å²) in [6.45, 7) is 2.83. The lowest BCUT2D eigenvalue weighted by atomic mass is 10.1. The van der Waals surface area contributed by atoms with Crippen molar-refractivity contribution < 1.29 is 4.74 Å². The predicted molar refractivity (Wildman–Crippen MR) is 76.6 cm³/mol. The number of fused-ring (bicyclic) bond motifs is 1. The molecule has 4 heteroatoms. The highest BCUT2D eigenvalue weighted by atomic mass is 16.5. The number of aromatic nitrogens is 2. The number of rotatable bonds is 5. The molecule has 1 aromatic heterocycles. The average Bonchev–Trinajstić information content (AvgIpc) is 3.21. The van der Waals surface area contributed by atoms with Crippen molar-refractivity contribution in [2.45, 2.75) is 38.1 Å². The van der Waals surface area contributed by atoms with Gasteiger partial charge in [-0.05, 0) is 31.4 Å². The Labute approximate surface area is 113 Å². The maximum Gasteiger partial charge on any atom is 0.121 e. The zero-order chi connectivity index (χ0) is 13.4. The van der Waals surface area contributed by atoms with Gasteiger partial charge in [-0.1, -0.05) is 6.92 Å². The molecule has 19 heavy (non-hydrogen) atoms. The van der Waals surface area contributed by atoms with E-state index in [4.69, 9.17) is 15.5 Å². The van der Waals surface area contributed by atoms with Crippen LogP contribution in [0.1, 0.15) is 44.0 Å². The van der Waals surface area contributed by atoms with E-state index >= 15 is 0 Å². The molecule has 0 saturated heterocycles. The largest absolute Gasteiger partial charge is 0.497 e. The zero-order valence-electron chi connectivity index (χ0n) is 11.6. The summed E-state index contributed by atoms with van der Waals surface area (Å²) >= 11 is 0. The van der Waals surface area contributed by atoms with Crippen LogP contribution in [-0.2, 0) is 0 Å². The SMILES string of the molecule is CCC(CN)c1nc2cc(OC)ccc2n1C1CC1. The van der Waals surface area contributed by atoms with Gasteiger partial charge in [0.05, 0.1) is 18.1 Å². The van der Waals surface area contributed by atoms with E-state index in [0.29, 0.717) is 18.5 Å². The second kappa shape index (κ2) is 4.85. The molecule has 1 aromatic carbocycles. The van der Waals surface area contributed by atoms with Gasteiger partial charge in [-0.15, -0.1) is 0 Å². The molecule has 1 heterocycles. The van der Waals surface area contributed by atoms with Gasteiger partial charge in [0.1, 0.15) is 11.6 Å². The van der Waals surface area contributed by atoms with Gasteiger partial charge >= 0.3 is 0 Å². The summed E-state index contributed by atoms with van der Waals surface area (Å²) in [4.78, 5) is 4.83. The van der Waals surface area contributed by atoms with Gasteiger partial charge in [0.15, 0.2) is 0 Å². The summed E-state index contributed by atoms with van der Waals surface area (Å²) in [7, 11) is 1.69. The first-order chi connectivity index (χ1) is 9.28. The van der Waals surface area contributed by atoms with Crippen LogP contribution in [-0.4, -0.2) is 23.2 Å². The molecule has 2 aromatic rings. The van der Waals surface area contributed by atoms with Gasteiger partial charge in [-0.3, -0.25) is 0 Å². The Balaban J connectivity index is 2.16. The van der Waals surface area contributed by atoms with Crippen molar-refractivity contribution >= 4 is 11.0 Å². The minimum absolute atomic E-state index is 0.346. The Morgan fingerprint density at radius 3 is 2.84 bits per heavy atom. The van der Waals surface area contributed by atoms with E-state index in [9.17, 15) is 0 Å². The maximum atomic E-state index is 5.90. The monoisotopic (exact) mass is 259 g/mol. The molecule has 4 nitrogen and oxygen atoms in total. The van der Waals surface area contributed by atoms with Gasteiger partial charge in [0.25, 0.3) is 0 Å². The van der Waals surface area contributed by atoms with E-state index in [-0.39, 0.29) is 0 Å². The minimum atomic E-state index is 0.346. The molecule has 0 radical (unpaired) electrons. The van der Waals surface area contributed by atoms with Gasteiger partial charge in [-0.2, -0.15) is 0 Å². The number of ether oxygens (including phenoxy) is 1. The van der Waals surface area contributed by atoms with Crippen LogP contribution >= 0.6 is 0 Å². The van der Waals surface area contributed by atoms with Gasteiger partial charge < -0.3 is 15.0 Å². The minimum Gasteiger partial charge on any atom is -0.497 e. The van der Waals surface area contributed by atoms with Crippen LogP contribution < -0.4 is 10.5 Å². The average molecular weight is 259 g/mol. The summed E-state index contributed by atoms with van der Waals surface area (Å²) in [6.07, 6.45) is 3.54. The number of benzene rings is 1. The third kappa shape index (κ3) is 2.10. The van der Waals surface area contributed by atoms with Crippen molar-refractivity contribution in [2.75, 3.05) is 13.7 Å².